The smallest absolute Gasteiger partial charge is 0.217 e. The fourth-order valence-electron chi connectivity index (χ4n) is 0.815. The Balaban J connectivity index is 2.54. The maximum atomic E-state index is 12.9. The van der Waals surface area contributed by atoms with Crippen molar-refractivity contribution in [1.82, 2.24) is 15.6 Å². The molecule has 13 heavy (non-hydrogen) atoms. The number of hydrogen-bond donors (Lipinski definition) is 2. The van der Waals surface area contributed by atoms with Gasteiger partial charge in [-0.05, 0) is 18.3 Å². The minimum absolute atomic E-state index is 0.347. The van der Waals surface area contributed by atoms with E-state index in [1.54, 1.807) is 19.2 Å². The van der Waals surface area contributed by atoms with Gasteiger partial charge in [0.2, 0.25) is 5.95 Å². The summed E-state index contributed by atoms with van der Waals surface area (Å²) in [6, 6.07) is 3.34. The Hall–Kier alpha value is -1.23. The van der Waals surface area contributed by atoms with Crippen LogP contribution in [0.25, 0.3) is 0 Å². The quantitative estimate of drug-likeness (QED) is 0.546. The van der Waals surface area contributed by atoms with Crippen molar-refractivity contribution in [2.75, 3.05) is 7.05 Å². The van der Waals surface area contributed by atoms with Crippen LogP contribution in [0, 0.1) is 5.95 Å². The van der Waals surface area contributed by atoms with Gasteiger partial charge in [-0.25, -0.2) is 4.98 Å². The molecule has 0 bridgehead atoms. The summed E-state index contributed by atoms with van der Waals surface area (Å²) in [4.78, 5) is 3.51. The van der Waals surface area contributed by atoms with Gasteiger partial charge in [-0.3, -0.25) is 0 Å². The molecule has 1 aromatic heterocycles. The van der Waals surface area contributed by atoms with Gasteiger partial charge in [-0.2, -0.15) is 4.39 Å². The molecule has 0 amide bonds. The third-order valence-corrected chi connectivity index (χ3v) is 1.85. The number of rotatable bonds is 2. The monoisotopic (exact) mass is 199 g/mol. The molecule has 0 spiro atoms. The van der Waals surface area contributed by atoms with Crippen LogP contribution in [0.2, 0.25) is 0 Å². The van der Waals surface area contributed by atoms with Crippen molar-refractivity contribution in [2.45, 2.75) is 6.54 Å². The Labute approximate surface area is 81.4 Å². The molecule has 0 atom stereocenters. The van der Waals surface area contributed by atoms with E-state index in [4.69, 9.17) is 12.2 Å². The first kappa shape index (κ1) is 9.85. The lowest BCUT2D eigenvalue weighted by Crippen LogP contribution is -2.32. The van der Waals surface area contributed by atoms with Gasteiger partial charge >= 0.3 is 0 Å². The van der Waals surface area contributed by atoms with Crippen molar-refractivity contribution >= 4 is 17.3 Å². The Kier molecular flexibility index (Phi) is 3.57. The van der Waals surface area contributed by atoms with Crippen molar-refractivity contribution in [2.24, 2.45) is 0 Å². The molecule has 1 rings (SSSR count). The maximum absolute atomic E-state index is 12.9. The topological polar surface area (TPSA) is 37.0 Å². The van der Waals surface area contributed by atoms with E-state index in [9.17, 15) is 4.39 Å². The Bertz CT molecular complexity index is 303. The lowest BCUT2D eigenvalue weighted by Gasteiger charge is -2.06. The number of hydrogen-bond acceptors (Lipinski definition) is 2. The number of halogens is 1. The SMILES string of the molecule is CNC(=S)NCc1cccnc1F. The molecule has 3 nitrogen and oxygen atoms in total. The van der Waals surface area contributed by atoms with E-state index in [1.807, 2.05) is 0 Å². The fraction of sp³-hybridized carbons (Fsp3) is 0.250. The highest BCUT2D eigenvalue weighted by Crippen LogP contribution is 2.01. The van der Waals surface area contributed by atoms with E-state index in [2.05, 4.69) is 15.6 Å². The molecule has 70 valence electrons. The molecule has 0 aromatic carbocycles. The summed E-state index contributed by atoms with van der Waals surface area (Å²) < 4.78 is 12.9. The zero-order valence-electron chi connectivity index (χ0n) is 7.17. The average molecular weight is 199 g/mol. The third-order valence-electron chi connectivity index (χ3n) is 1.50. The highest BCUT2D eigenvalue weighted by atomic mass is 32.1. The molecule has 1 aromatic rings. The van der Waals surface area contributed by atoms with E-state index in [1.165, 1.54) is 6.20 Å². The van der Waals surface area contributed by atoms with E-state index < -0.39 is 5.95 Å². The largest absolute Gasteiger partial charge is 0.366 e. The first-order valence-electron chi connectivity index (χ1n) is 3.79. The lowest BCUT2D eigenvalue weighted by atomic mass is 10.3. The van der Waals surface area contributed by atoms with Crippen LogP contribution in [-0.2, 0) is 6.54 Å². The summed E-state index contributed by atoms with van der Waals surface area (Å²) in [6.07, 6.45) is 1.41. The highest BCUT2D eigenvalue weighted by molar-refractivity contribution is 7.80. The molecule has 0 fully saturated rings. The summed E-state index contributed by atoms with van der Waals surface area (Å²) in [6.45, 7) is 0.347. The summed E-state index contributed by atoms with van der Waals surface area (Å²) in [5, 5.41) is 6.05. The van der Waals surface area contributed by atoms with Crippen LogP contribution >= 0.6 is 12.2 Å². The van der Waals surface area contributed by atoms with Gasteiger partial charge in [-0.15, -0.1) is 0 Å². The van der Waals surface area contributed by atoms with Crippen molar-refractivity contribution < 1.29 is 4.39 Å². The van der Waals surface area contributed by atoms with Crippen LogP contribution < -0.4 is 10.6 Å². The predicted octanol–water partition coefficient (Wildman–Crippen LogP) is 0.815. The van der Waals surface area contributed by atoms with Gasteiger partial charge < -0.3 is 10.6 Å². The van der Waals surface area contributed by atoms with Crippen LogP contribution in [0.15, 0.2) is 18.3 Å². The van der Waals surface area contributed by atoms with Crippen LogP contribution in [-0.4, -0.2) is 17.1 Å². The van der Waals surface area contributed by atoms with Crippen molar-refractivity contribution in [3.05, 3.63) is 29.8 Å². The summed E-state index contributed by atoms with van der Waals surface area (Å²) >= 11 is 4.83. The predicted molar refractivity (Wildman–Crippen MR) is 52.7 cm³/mol. The molecule has 5 heteroatoms. The number of aromatic nitrogens is 1. The van der Waals surface area contributed by atoms with Crippen molar-refractivity contribution in [3.8, 4) is 0 Å². The van der Waals surface area contributed by atoms with E-state index in [0.29, 0.717) is 17.2 Å². The van der Waals surface area contributed by atoms with Crippen LogP contribution in [0.1, 0.15) is 5.56 Å². The number of nitrogens with zero attached hydrogens (tertiary/aromatic N) is 1. The van der Waals surface area contributed by atoms with Gasteiger partial charge in [0.25, 0.3) is 0 Å². The lowest BCUT2D eigenvalue weighted by molar-refractivity contribution is 0.563. The molecule has 1 heterocycles. The second-order valence-electron chi connectivity index (χ2n) is 2.39. The van der Waals surface area contributed by atoms with E-state index >= 15 is 0 Å². The van der Waals surface area contributed by atoms with Gasteiger partial charge in [0.15, 0.2) is 5.11 Å². The van der Waals surface area contributed by atoms with Crippen LogP contribution in [0.5, 0.6) is 0 Å². The van der Waals surface area contributed by atoms with Crippen molar-refractivity contribution in [1.29, 1.82) is 0 Å². The molecule has 0 unspecified atom stereocenters. The Morgan fingerprint density at radius 2 is 2.46 bits per heavy atom. The standard InChI is InChI=1S/C8H10FN3S/c1-10-8(13)12-5-6-3-2-4-11-7(6)9/h2-4H,5H2,1H3,(H2,10,12,13). The van der Waals surface area contributed by atoms with Crippen molar-refractivity contribution in [3.63, 3.8) is 0 Å². The van der Waals surface area contributed by atoms with Gasteiger partial charge in [-0.1, -0.05) is 6.07 Å². The number of thiocarbonyl (C=S) groups is 1. The molecule has 2 N–H and O–H groups in total. The number of nitrogens with one attached hydrogen (secondary N) is 2. The summed E-state index contributed by atoms with van der Waals surface area (Å²) in [7, 11) is 1.70. The van der Waals surface area contributed by atoms with Gasteiger partial charge in [0.1, 0.15) is 0 Å². The Morgan fingerprint density at radius 1 is 1.69 bits per heavy atom. The van der Waals surface area contributed by atoms with E-state index in [0.717, 1.165) is 0 Å². The van der Waals surface area contributed by atoms with E-state index in [-0.39, 0.29) is 0 Å². The second-order valence-corrected chi connectivity index (χ2v) is 2.79. The molecule has 0 aliphatic heterocycles. The molecular formula is C8H10FN3S. The molecule has 0 saturated carbocycles. The molecule has 0 radical (unpaired) electrons. The average Bonchev–Trinajstić information content (AvgIpc) is 2.16. The molecular weight excluding hydrogens is 189 g/mol. The minimum Gasteiger partial charge on any atom is -0.366 e. The second kappa shape index (κ2) is 4.71. The normalized spacial score (nSPS) is 9.38. The van der Waals surface area contributed by atoms with Gasteiger partial charge in [0.05, 0.1) is 0 Å². The molecule has 0 aliphatic carbocycles. The summed E-state index contributed by atoms with van der Waals surface area (Å²) in [5.74, 6) is -0.464. The number of pyridine rings is 1. The minimum atomic E-state index is -0.464. The first-order chi connectivity index (χ1) is 6.24. The summed E-state index contributed by atoms with van der Waals surface area (Å²) in [5.41, 5.74) is 0.500. The zero-order chi connectivity index (χ0) is 9.68. The highest BCUT2D eigenvalue weighted by Gasteiger charge is 2.01. The molecule has 0 saturated heterocycles. The Morgan fingerprint density at radius 3 is 3.08 bits per heavy atom. The van der Waals surface area contributed by atoms with Gasteiger partial charge in [0, 0.05) is 25.4 Å². The fourth-order valence-corrected chi connectivity index (χ4v) is 0.887. The maximum Gasteiger partial charge on any atom is 0.217 e. The zero-order valence-corrected chi connectivity index (χ0v) is 7.99. The third kappa shape index (κ3) is 2.95. The molecule has 0 aliphatic rings. The van der Waals surface area contributed by atoms with Crippen LogP contribution in [0.3, 0.4) is 0 Å². The van der Waals surface area contributed by atoms with Crippen LogP contribution in [0.4, 0.5) is 4.39 Å². The first-order valence-corrected chi connectivity index (χ1v) is 4.20.